The molecular formula is C17H28N2. The summed E-state index contributed by atoms with van der Waals surface area (Å²) in [4.78, 5) is 2.60. The van der Waals surface area contributed by atoms with E-state index in [4.69, 9.17) is 5.73 Å². The van der Waals surface area contributed by atoms with Crippen molar-refractivity contribution in [3.05, 3.63) is 35.9 Å². The lowest BCUT2D eigenvalue weighted by molar-refractivity contribution is 0.198. The van der Waals surface area contributed by atoms with E-state index in [-0.39, 0.29) is 0 Å². The third kappa shape index (κ3) is 4.96. The number of hydrogen-bond acceptors (Lipinski definition) is 2. The lowest BCUT2D eigenvalue weighted by Crippen LogP contribution is -2.42. The van der Waals surface area contributed by atoms with E-state index < -0.39 is 0 Å². The number of rotatable bonds is 5. The fraction of sp³-hybridized carbons (Fsp3) is 0.647. The molecule has 1 aromatic carbocycles. The molecule has 0 aliphatic carbocycles. The number of likely N-dealkylation sites (tertiary alicyclic amines) is 1. The van der Waals surface area contributed by atoms with Gasteiger partial charge in [0.15, 0.2) is 0 Å². The average Bonchev–Trinajstić information content (AvgIpc) is 2.63. The fourth-order valence-corrected chi connectivity index (χ4v) is 2.99. The second-order valence-electron chi connectivity index (χ2n) is 5.98. The fourth-order valence-electron chi connectivity index (χ4n) is 2.99. The number of hydrogen-bond donors (Lipinski definition) is 1. The SMILES string of the molecule is CC1CCCCCN1CC(N)CCc1ccccc1. The summed E-state index contributed by atoms with van der Waals surface area (Å²) in [7, 11) is 0. The molecule has 106 valence electrons. The summed E-state index contributed by atoms with van der Waals surface area (Å²) in [5.74, 6) is 0. The van der Waals surface area contributed by atoms with Gasteiger partial charge in [-0.25, -0.2) is 0 Å². The van der Waals surface area contributed by atoms with Crippen LogP contribution in [-0.4, -0.2) is 30.1 Å². The molecule has 2 heteroatoms. The maximum absolute atomic E-state index is 6.32. The summed E-state index contributed by atoms with van der Waals surface area (Å²) < 4.78 is 0. The van der Waals surface area contributed by atoms with Crippen LogP contribution in [0.15, 0.2) is 30.3 Å². The van der Waals surface area contributed by atoms with Crippen molar-refractivity contribution in [3.8, 4) is 0 Å². The second kappa shape index (κ2) is 7.66. The summed E-state index contributed by atoms with van der Waals surface area (Å²) in [5, 5.41) is 0. The predicted octanol–water partition coefficient (Wildman–Crippen LogP) is 3.21. The number of nitrogens with zero attached hydrogens (tertiary/aromatic N) is 1. The van der Waals surface area contributed by atoms with Crippen LogP contribution < -0.4 is 5.73 Å². The average molecular weight is 260 g/mol. The highest BCUT2D eigenvalue weighted by Gasteiger charge is 2.18. The molecule has 2 atom stereocenters. The molecule has 0 radical (unpaired) electrons. The largest absolute Gasteiger partial charge is 0.327 e. The summed E-state index contributed by atoms with van der Waals surface area (Å²) in [5.41, 5.74) is 7.73. The molecule has 1 heterocycles. The zero-order chi connectivity index (χ0) is 13.5. The van der Waals surface area contributed by atoms with Gasteiger partial charge in [0.05, 0.1) is 0 Å². The summed E-state index contributed by atoms with van der Waals surface area (Å²) >= 11 is 0. The van der Waals surface area contributed by atoms with E-state index in [0.29, 0.717) is 12.1 Å². The Labute approximate surface area is 118 Å². The van der Waals surface area contributed by atoms with Gasteiger partial charge in [-0.2, -0.15) is 0 Å². The van der Waals surface area contributed by atoms with Gasteiger partial charge in [0.25, 0.3) is 0 Å². The van der Waals surface area contributed by atoms with E-state index >= 15 is 0 Å². The molecule has 2 rings (SSSR count). The molecule has 1 saturated heterocycles. The zero-order valence-corrected chi connectivity index (χ0v) is 12.2. The molecule has 0 aromatic heterocycles. The van der Waals surface area contributed by atoms with E-state index in [1.54, 1.807) is 0 Å². The van der Waals surface area contributed by atoms with Crippen LogP contribution in [0.2, 0.25) is 0 Å². The smallest absolute Gasteiger partial charge is 0.0171 e. The van der Waals surface area contributed by atoms with Crippen LogP contribution in [0.1, 0.15) is 44.6 Å². The number of nitrogens with two attached hydrogens (primary N) is 1. The van der Waals surface area contributed by atoms with Crippen molar-refractivity contribution in [2.75, 3.05) is 13.1 Å². The minimum absolute atomic E-state index is 0.306. The lowest BCUT2D eigenvalue weighted by Gasteiger charge is -2.29. The molecular weight excluding hydrogens is 232 g/mol. The first-order valence-corrected chi connectivity index (χ1v) is 7.79. The quantitative estimate of drug-likeness (QED) is 0.881. The van der Waals surface area contributed by atoms with Crippen molar-refractivity contribution in [2.24, 2.45) is 5.73 Å². The van der Waals surface area contributed by atoms with Crippen molar-refractivity contribution in [1.29, 1.82) is 0 Å². The van der Waals surface area contributed by atoms with Gasteiger partial charge in [-0.15, -0.1) is 0 Å². The third-order valence-corrected chi connectivity index (χ3v) is 4.31. The molecule has 19 heavy (non-hydrogen) atoms. The highest BCUT2D eigenvalue weighted by molar-refractivity contribution is 5.14. The van der Waals surface area contributed by atoms with E-state index in [0.717, 1.165) is 19.4 Å². The van der Waals surface area contributed by atoms with Crippen molar-refractivity contribution in [2.45, 2.75) is 57.5 Å². The highest BCUT2D eigenvalue weighted by atomic mass is 15.2. The van der Waals surface area contributed by atoms with E-state index in [1.807, 2.05) is 0 Å². The molecule has 0 saturated carbocycles. The Balaban J connectivity index is 1.75. The van der Waals surface area contributed by atoms with Crippen molar-refractivity contribution in [3.63, 3.8) is 0 Å². The lowest BCUT2D eigenvalue weighted by atomic mass is 10.0. The van der Waals surface area contributed by atoms with Gasteiger partial charge in [0.2, 0.25) is 0 Å². The maximum Gasteiger partial charge on any atom is 0.0171 e. The summed E-state index contributed by atoms with van der Waals surface area (Å²) in [6, 6.07) is 11.7. The monoisotopic (exact) mass is 260 g/mol. The van der Waals surface area contributed by atoms with Gasteiger partial charge in [-0.3, -0.25) is 4.90 Å². The van der Waals surface area contributed by atoms with Crippen LogP contribution in [0.5, 0.6) is 0 Å². The van der Waals surface area contributed by atoms with Gasteiger partial charge in [-0.1, -0.05) is 43.2 Å². The van der Waals surface area contributed by atoms with Crippen LogP contribution in [0.25, 0.3) is 0 Å². The molecule has 2 N–H and O–H groups in total. The van der Waals surface area contributed by atoms with E-state index in [2.05, 4.69) is 42.2 Å². The van der Waals surface area contributed by atoms with Crippen LogP contribution >= 0.6 is 0 Å². The maximum atomic E-state index is 6.32. The normalized spacial score (nSPS) is 22.9. The third-order valence-electron chi connectivity index (χ3n) is 4.31. The van der Waals surface area contributed by atoms with Crippen molar-refractivity contribution >= 4 is 0 Å². The van der Waals surface area contributed by atoms with Gasteiger partial charge in [-0.05, 0) is 44.7 Å². The number of aryl methyl sites for hydroxylation is 1. The first-order valence-electron chi connectivity index (χ1n) is 7.79. The second-order valence-corrected chi connectivity index (χ2v) is 5.98. The van der Waals surface area contributed by atoms with Gasteiger partial charge in [0, 0.05) is 18.6 Å². The van der Waals surface area contributed by atoms with Gasteiger partial charge < -0.3 is 5.73 Å². The highest BCUT2D eigenvalue weighted by Crippen LogP contribution is 2.17. The standard InChI is InChI=1S/C17H28N2/c1-15-8-4-3-7-13-19(15)14-17(18)12-11-16-9-5-2-6-10-16/h2,5-6,9-10,15,17H,3-4,7-8,11-14,18H2,1H3. The minimum atomic E-state index is 0.306. The number of benzene rings is 1. The Hall–Kier alpha value is -0.860. The Bertz CT molecular complexity index is 350. The van der Waals surface area contributed by atoms with Crippen molar-refractivity contribution in [1.82, 2.24) is 4.90 Å². The van der Waals surface area contributed by atoms with E-state index in [1.165, 1.54) is 37.8 Å². The van der Waals surface area contributed by atoms with E-state index in [9.17, 15) is 0 Å². The molecule has 1 fully saturated rings. The predicted molar refractivity (Wildman–Crippen MR) is 82.2 cm³/mol. The Morgan fingerprint density at radius 1 is 1.21 bits per heavy atom. The zero-order valence-electron chi connectivity index (χ0n) is 12.2. The van der Waals surface area contributed by atoms with Crippen LogP contribution in [0.3, 0.4) is 0 Å². The molecule has 0 amide bonds. The summed E-state index contributed by atoms with van der Waals surface area (Å²) in [6.45, 7) is 4.66. The van der Waals surface area contributed by atoms with Crippen LogP contribution in [0.4, 0.5) is 0 Å². The Morgan fingerprint density at radius 3 is 2.79 bits per heavy atom. The molecule has 1 aromatic rings. The molecule has 2 nitrogen and oxygen atoms in total. The van der Waals surface area contributed by atoms with Gasteiger partial charge >= 0.3 is 0 Å². The Kier molecular flexibility index (Phi) is 5.87. The van der Waals surface area contributed by atoms with Crippen molar-refractivity contribution < 1.29 is 0 Å². The molecule has 0 bridgehead atoms. The first-order chi connectivity index (χ1) is 9.25. The van der Waals surface area contributed by atoms with Gasteiger partial charge in [0.1, 0.15) is 0 Å². The first kappa shape index (κ1) is 14.5. The molecule has 1 aliphatic heterocycles. The molecule has 1 aliphatic rings. The molecule has 2 unspecified atom stereocenters. The Morgan fingerprint density at radius 2 is 2.00 bits per heavy atom. The minimum Gasteiger partial charge on any atom is -0.327 e. The van der Waals surface area contributed by atoms with Crippen LogP contribution in [-0.2, 0) is 6.42 Å². The topological polar surface area (TPSA) is 29.3 Å². The summed E-state index contributed by atoms with van der Waals surface area (Å²) in [6.07, 6.45) is 7.65. The molecule has 0 spiro atoms. The van der Waals surface area contributed by atoms with Crippen LogP contribution in [0, 0.1) is 0 Å².